The molecular formula is C19H19NO3. The van der Waals surface area contributed by atoms with Crippen LogP contribution in [-0.4, -0.2) is 26.3 Å². The van der Waals surface area contributed by atoms with Crippen molar-refractivity contribution < 1.29 is 14.2 Å². The summed E-state index contributed by atoms with van der Waals surface area (Å²) >= 11 is 0. The van der Waals surface area contributed by atoms with Crippen molar-refractivity contribution in [2.45, 2.75) is 6.92 Å². The number of benzene rings is 2. The second-order valence-electron chi connectivity index (χ2n) is 5.29. The number of pyridine rings is 1. The molecule has 2 aromatic carbocycles. The van der Waals surface area contributed by atoms with Gasteiger partial charge in [0.25, 0.3) is 0 Å². The molecule has 4 heteroatoms. The Hall–Kier alpha value is -2.75. The van der Waals surface area contributed by atoms with Crippen LogP contribution in [0.1, 0.15) is 5.56 Å². The topological polar surface area (TPSA) is 40.6 Å². The van der Waals surface area contributed by atoms with E-state index in [4.69, 9.17) is 14.2 Å². The minimum Gasteiger partial charge on any atom is -0.496 e. The van der Waals surface area contributed by atoms with Crippen LogP contribution in [0, 0.1) is 6.92 Å². The summed E-state index contributed by atoms with van der Waals surface area (Å²) in [6, 6.07) is 10.0. The molecule has 1 heterocycles. The minimum atomic E-state index is 0.673. The van der Waals surface area contributed by atoms with Gasteiger partial charge in [-0.25, -0.2) is 0 Å². The van der Waals surface area contributed by atoms with E-state index in [1.165, 1.54) is 0 Å². The van der Waals surface area contributed by atoms with Gasteiger partial charge in [0.05, 0.1) is 21.3 Å². The summed E-state index contributed by atoms with van der Waals surface area (Å²) in [4.78, 5) is 4.21. The van der Waals surface area contributed by atoms with Crippen LogP contribution >= 0.6 is 0 Å². The summed E-state index contributed by atoms with van der Waals surface area (Å²) in [6.45, 7) is 2.05. The molecule has 0 unspecified atom stereocenters. The van der Waals surface area contributed by atoms with Crippen LogP contribution in [0.4, 0.5) is 0 Å². The van der Waals surface area contributed by atoms with E-state index < -0.39 is 0 Å². The Morgan fingerprint density at radius 2 is 1.65 bits per heavy atom. The molecule has 0 bridgehead atoms. The zero-order valence-corrected chi connectivity index (χ0v) is 13.7. The van der Waals surface area contributed by atoms with E-state index in [9.17, 15) is 0 Å². The van der Waals surface area contributed by atoms with Crippen LogP contribution in [-0.2, 0) is 0 Å². The Morgan fingerprint density at radius 3 is 2.35 bits per heavy atom. The van der Waals surface area contributed by atoms with Gasteiger partial charge in [0.1, 0.15) is 5.75 Å². The van der Waals surface area contributed by atoms with Crippen molar-refractivity contribution in [3.63, 3.8) is 0 Å². The lowest BCUT2D eigenvalue weighted by Crippen LogP contribution is -1.97. The van der Waals surface area contributed by atoms with Gasteiger partial charge in [0.15, 0.2) is 11.5 Å². The van der Waals surface area contributed by atoms with Crippen molar-refractivity contribution in [1.82, 2.24) is 4.98 Å². The molecule has 3 rings (SSSR count). The van der Waals surface area contributed by atoms with Gasteiger partial charge in [-0.3, -0.25) is 4.98 Å². The fourth-order valence-corrected chi connectivity index (χ4v) is 2.84. The first-order valence-electron chi connectivity index (χ1n) is 7.33. The number of nitrogens with zero attached hydrogens (tertiary/aromatic N) is 1. The van der Waals surface area contributed by atoms with Gasteiger partial charge in [-0.1, -0.05) is 11.6 Å². The molecule has 0 spiro atoms. The first kappa shape index (κ1) is 15.2. The van der Waals surface area contributed by atoms with E-state index >= 15 is 0 Å². The summed E-state index contributed by atoms with van der Waals surface area (Å²) in [5.41, 5.74) is 3.07. The molecule has 118 valence electrons. The third-order valence-electron chi connectivity index (χ3n) is 3.91. The van der Waals surface area contributed by atoms with E-state index in [1.807, 2.05) is 30.5 Å². The van der Waals surface area contributed by atoms with Crippen molar-refractivity contribution >= 4 is 10.8 Å². The summed E-state index contributed by atoms with van der Waals surface area (Å²) < 4.78 is 16.7. The first-order chi connectivity index (χ1) is 11.2. The molecule has 0 atom stereocenters. The van der Waals surface area contributed by atoms with Crippen molar-refractivity contribution in [2.24, 2.45) is 0 Å². The molecule has 0 radical (unpaired) electrons. The maximum atomic E-state index is 5.67. The fourth-order valence-electron chi connectivity index (χ4n) is 2.84. The highest BCUT2D eigenvalue weighted by atomic mass is 16.5. The third-order valence-corrected chi connectivity index (χ3v) is 3.91. The number of hydrogen-bond donors (Lipinski definition) is 0. The first-order valence-corrected chi connectivity index (χ1v) is 7.33. The normalized spacial score (nSPS) is 10.6. The molecule has 0 aliphatic heterocycles. The lowest BCUT2D eigenvalue weighted by atomic mass is 9.95. The van der Waals surface area contributed by atoms with Gasteiger partial charge in [-0.15, -0.1) is 0 Å². The van der Waals surface area contributed by atoms with Crippen LogP contribution in [0.3, 0.4) is 0 Å². The highest BCUT2D eigenvalue weighted by Crippen LogP contribution is 2.46. The van der Waals surface area contributed by atoms with Crippen LogP contribution in [0.2, 0.25) is 0 Å². The van der Waals surface area contributed by atoms with Crippen LogP contribution in [0.25, 0.3) is 21.9 Å². The zero-order valence-electron chi connectivity index (χ0n) is 13.7. The Balaban J connectivity index is 2.46. The second-order valence-corrected chi connectivity index (χ2v) is 5.29. The SMILES string of the molecule is COc1ccc(C)cc1-c1c(OC)c(OC)cc2cnccc12. The molecule has 3 aromatic rings. The number of ether oxygens (including phenoxy) is 3. The minimum absolute atomic E-state index is 0.673. The molecule has 0 fully saturated rings. The zero-order chi connectivity index (χ0) is 16.4. The molecule has 0 saturated carbocycles. The van der Waals surface area contributed by atoms with Crippen molar-refractivity contribution in [3.8, 4) is 28.4 Å². The molecule has 23 heavy (non-hydrogen) atoms. The van der Waals surface area contributed by atoms with E-state index in [-0.39, 0.29) is 0 Å². The largest absolute Gasteiger partial charge is 0.496 e. The summed E-state index contributed by atoms with van der Waals surface area (Å²) in [5, 5.41) is 2.03. The lowest BCUT2D eigenvalue weighted by Gasteiger charge is -2.18. The number of rotatable bonds is 4. The van der Waals surface area contributed by atoms with E-state index in [0.29, 0.717) is 11.5 Å². The summed E-state index contributed by atoms with van der Waals surface area (Å²) in [7, 11) is 4.96. The predicted octanol–water partition coefficient (Wildman–Crippen LogP) is 4.24. The van der Waals surface area contributed by atoms with Crippen LogP contribution in [0.15, 0.2) is 42.7 Å². The number of aryl methyl sites for hydroxylation is 1. The lowest BCUT2D eigenvalue weighted by molar-refractivity contribution is 0.356. The van der Waals surface area contributed by atoms with Crippen molar-refractivity contribution in [2.75, 3.05) is 21.3 Å². The molecular weight excluding hydrogens is 290 g/mol. The van der Waals surface area contributed by atoms with E-state index in [1.54, 1.807) is 27.5 Å². The predicted molar refractivity (Wildman–Crippen MR) is 91.6 cm³/mol. The van der Waals surface area contributed by atoms with E-state index in [2.05, 4.69) is 18.0 Å². The van der Waals surface area contributed by atoms with Crippen LogP contribution < -0.4 is 14.2 Å². The maximum absolute atomic E-state index is 5.67. The summed E-state index contributed by atoms with van der Waals surface area (Å²) in [5.74, 6) is 2.15. The van der Waals surface area contributed by atoms with Gasteiger partial charge in [-0.05, 0) is 36.6 Å². The Bertz CT molecular complexity index is 859. The number of hydrogen-bond acceptors (Lipinski definition) is 4. The maximum Gasteiger partial charge on any atom is 0.169 e. The second kappa shape index (κ2) is 6.16. The quantitative estimate of drug-likeness (QED) is 0.723. The monoisotopic (exact) mass is 309 g/mol. The molecule has 0 saturated heterocycles. The molecule has 0 aliphatic carbocycles. The molecule has 0 N–H and O–H groups in total. The average molecular weight is 309 g/mol. The molecule has 1 aromatic heterocycles. The van der Waals surface area contributed by atoms with Gasteiger partial charge < -0.3 is 14.2 Å². The highest BCUT2D eigenvalue weighted by molar-refractivity contribution is 6.02. The molecule has 0 aliphatic rings. The fraction of sp³-hybridized carbons (Fsp3) is 0.211. The highest BCUT2D eigenvalue weighted by Gasteiger charge is 2.19. The molecule has 4 nitrogen and oxygen atoms in total. The van der Waals surface area contributed by atoms with E-state index in [0.717, 1.165) is 33.2 Å². The molecule has 0 amide bonds. The number of methoxy groups -OCH3 is 3. The average Bonchev–Trinajstić information content (AvgIpc) is 2.59. The standard InChI is InChI=1S/C19H19NO3/c1-12-5-6-16(21-2)15(9-12)18-14-7-8-20-11-13(14)10-17(22-3)19(18)23-4/h5-11H,1-4H3. The van der Waals surface area contributed by atoms with Gasteiger partial charge in [-0.2, -0.15) is 0 Å². The summed E-state index contributed by atoms with van der Waals surface area (Å²) in [6.07, 6.45) is 3.60. The van der Waals surface area contributed by atoms with Gasteiger partial charge in [0.2, 0.25) is 0 Å². The Morgan fingerprint density at radius 1 is 0.870 bits per heavy atom. The smallest absolute Gasteiger partial charge is 0.169 e. The Labute approximate surface area is 135 Å². The van der Waals surface area contributed by atoms with Crippen molar-refractivity contribution in [3.05, 3.63) is 48.3 Å². The number of aromatic nitrogens is 1. The van der Waals surface area contributed by atoms with Gasteiger partial charge >= 0.3 is 0 Å². The third kappa shape index (κ3) is 2.57. The van der Waals surface area contributed by atoms with Gasteiger partial charge in [0, 0.05) is 28.9 Å². The Kier molecular flexibility index (Phi) is 4.06. The van der Waals surface area contributed by atoms with Crippen molar-refractivity contribution in [1.29, 1.82) is 0 Å². The number of fused-ring (bicyclic) bond motifs is 1. The van der Waals surface area contributed by atoms with Crippen LogP contribution in [0.5, 0.6) is 17.2 Å².